The molecule has 4 N–H and O–H groups in total. The average Bonchev–Trinajstić information content (AvgIpc) is 2.09. The van der Waals surface area contributed by atoms with Crippen LogP contribution in [0.3, 0.4) is 0 Å². The first-order valence-corrected chi connectivity index (χ1v) is 5.04. The van der Waals surface area contributed by atoms with Crippen molar-refractivity contribution in [3.8, 4) is 5.75 Å². The lowest BCUT2D eigenvalue weighted by atomic mass is 10.1. The molecule has 1 atom stereocenters. The molecular weight excluding hydrogens is 291 g/mol. The molecule has 5 heteroatoms. The Morgan fingerprint density at radius 3 is 2.71 bits per heavy atom. The molecule has 4 nitrogen and oxygen atoms in total. The average molecular weight is 301 g/mol. The zero-order chi connectivity index (χ0) is 10.7. The van der Waals surface area contributed by atoms with Gasteiger partial charge in [0.1, 0.15) is 11.8 Å². The van der Waals surface area contributed by atoms with E-state index >= 15 is 0 Å². The lowest BCUT2D eigenvalue weighted by Gasteiger charge is -2.08. The smallest absolute Gasteiger partial charge is 0.320 e. The van der Waals surface area contributed by atoms with E-state index in [9.17, 15) is 4.79 Å². The maximum atomic E-state index is 10.5. The van der Waals surface area contributed by atoms with Gasteiger partial charge in [-0.25, -0.2) is 0 Å². The van der Waals surface area contributed by atoms with E-state index in [1.807, 2.05) is 22.6 Å². The summed E-state index contributed by atoms with van der Waals surface area (Å²) in [6.45, 7) is 0. The highest BCUT2D eigenvalue weighted by atomic mass is 121. The molecule has 0 bridgehead atoms. The largest absolute Gasteiger partial charge is 0.508 e. The Balaban J connectivity index is 2.82. The summed E-state index contributed by atoms with van der Waals surface area (Å²) in [5.41, 5.74) is 6.22. The number of hydrogen-bond donors (Lipinski definition) is 3. The van der Waals surface area contributed by atoms with Crippen molar-refractivity contribution in [1.29, 1.82) is 0 Å². The molecule has 14 heavy (non-hydrogen) atoms. The number of halogens is 1. The van der Waals surface area contributed by atoms with Crippen molar-refractivity contribution in [2.45, 2.75) is 12.5 Å². The van der Waals surface area contributed by atoms with E-state index in [1.165, 1.54) is 6.07 Å². The van der Waals surface area contributed by atoms with Crippen LogP contribution < -0.4 is 5.73 Å². The van der Waals surface area contributed by atoms with Crippen LogP contribution in [0, 0.1) is 3.57 Å². The lowest BCUT2D eigenvalue weighted by Crippen LogP contribution is -2.32. The van der Waals surface area contributed by atoms with E-state index in [-0.39, 0.29) is 12.2 Å². The van der Waals surface area contributed by atoms with Gasteiger partial charge in [-0.05, 0) is 46.7 Å². The summed E-state index contributed by atoms with van der Waals surface area (Å²) in [4.78, 5) is 10.5. The summed E-state index contributed by atoms with van der Waals surface area (Å²) in [5.74, 6) is -0.851. The van der Waals surface area contributed by atoms with E-state index < -0.39 is 12.0 Å². The van der Waals surface area contributed by atoms with Gasteiger partial charge in [-0.15, -0.1) is 0 Å². The van der Waals surface area contributed by atoms with Gasteiger partial charge in [0.2, 0.25) is 0 Å². The monoisotopic (exact) mass is 301 g/mol. The van der Waals surface area contributed by atoms with Crippen LogP contribution in [0.2, 0.25) is 0 Å². The van der Waals surface area contributed by atoms with Crippen LogP contribution in [-0.4, -0.2) is 22.2 Å². The van der Waals surface area contributed by atoms with Gasteiger partial charge in [-0.3, -0.25) is 4.79 Å². The van der Waals surface area contributed by atoms with Crippen LogP contribution in [0.4, 0.5) is 0 Å². The first-order valence-electron chi connectivity index (χ1n) is 3.96. The Bertz CT molecular complexity index is 354. The summed E-state index contributed by atoms with van der Waals surface area (Å²) >= 11 is 2.03. The first-order chi connectivity index (χ1) is 6.50. The second kappa shape index (κ2) is 4.61. The summed E-state index contributed by atoms with van der Waals surface area (Å²) in [6, 6.07) is 3.88. The number of phenols is 1. The van der Waals surface area contributed by atoms with Gasteiger partial charge in [0.15, 0.2) is 0 Å². The third kappa shape index (κ3) is 2.85. The molecule has 0 aliphatic heterocycles. The molecule has 0 unspecified atom stereocenters. The number of hydrogen-bond acceptors (Lipinski definition) is 3. The van der Waals surface area contributed by atoms with Gasteiger partial charge in [0.25, 0.3) is 0 Å². The Morgan fingerprint density at radius 1 is 1.57 bits per heavy atom. The molecular formula is C9H10INO3. The van der Waals surface area contributed by atoms with Crippen LogP contribution in [0.15, 0.2) is 18.2 Å². The normalized spacial score (nSPS) is 12.4. The van der Waals surface area contributed by atoms with Crippen molar-refractivity contribution < 1.29 is 15.0 Å². The van der Waals surface area contributed by atoms with Crippen LogP contribution in [0.5, 0.6) is 5.75 Å². The fourth-order valence-electron chi connectivity index (χ4n) is 1.03. The zero-order valence-electron chi connectivity index (χ0n) is 7.27. The van der Waals surface area contributed by atoms with Gasteiger partial charge < -0.3 is 15.9 Å². The zero-order valence-corrected chi connectivity index (χ0v) is 9.43. The molecule has 0 amide bonds. The topological polar surface area (TPSA) is 83.5 Å². The number of aromatic hydroxyl groups is 1. The maximum Gasteiger partial charge on any atom is 0.320 e. The lowest BCUT2D eigenvalue weighted by molar-refractivity contribution is -0.138. The van der Waals surface area contributed by atoms with Crippen molar-refractivity contribution in [3.05, 3.63) is 27.3 Å². The van der Waals surface area contributed by atoms with Crippen LogP contribution in [-0.2, 0) is 11.2 Å². The minimum absolute atomic E-state index is 0.169. The highest BCUT2D eigenvalue weighted by Crippen LogP contribution is 2.19. The maximum absolute atomic E-state index is 10.5. The molecule has 1 rings (SSSR count). The quantitative estimate of drug-likeness (QED) is 0.726. The minimum atomic E-state index is -1.02. The van der Waals surface area contributed by atoms with Crippen molar-refractivity contribution in [2.75, 3.05) is 0 Å². The second-order valence-corrected chi connectivity index (χ2v) is 4.09. The summed E-state index contributed by atoms with van der Waals surface area (Å²) < 4.78 is 0.819. The van der Waals surface area contributed by atoms with Gasteiger partial charge >= 0.3 is 5.97 Å². The van der Waals surface area contributed by atoms with Crippen LogP contribution in [0.1, 0.15) is 5.56 Å². The Kier molecular flexibility index (Phi) is 3.70. The minimum Gasteiger partial charge on any atom is -0.508 e. The van der Waals surface area contributed by atoms with Gasteiger partial charge in [-0.1, -0.05) is 6.07 Å². The van der Waals surface area contributed by atoms with Crippen molar-refractivity contribution in [2.24, 2.45) is 5.73 Å². The number of benzene rings is 1. The van der Waals surface area contributed by atoms with E-state index in [1.54, 1.807) is 12.1 Å². The number of carboxylic acid groups (broad SMARTS) is 1. The van der Waals surface area contributed by atoms with Gasteiger partial charge in [0, 0.05) is 3.57 Å². The molecule has 76 valence electrons. The summed E-state index contributed by atoms with van der Waals surface area (Å²) in [7, 11) is 0. The molecule has 1 aromatic carbocycles. The molecule has 0 aromatic heterocycles. The highest BCUT2D eigenvalue weighted by Gasteiger charge is 2.13. The number of carbonyl (C=O) groups is 1. The number of carboxylic acids is 1. The Hall–Kier alpha value is -0.820. The Morgan fingerprint density at radius 2 is 2.21 bits per heavy atom. The van der Waals surface area contributed by atoms with Crippen molar-refractivity contribution in [1.82, 2.24) is 0 Å². The Labute approximate surface area is 94.9 Å². The number of rotatable bonds is 3. The van der Waals surface area contributed by atoms with Crippen LogP contribution in [0.25, 0.3) is 0 Å². The van der Waals surface area contributed by atoms with E-state index in [2.05, 4.69) is 0 Å². The molecule has 0 aliphatic carbocycles. The number of aliphatic carboxylic acids is 1. The fourth-order valence-corrected chi connectivity index (χ4v) is 1.75. The fraction of sp³-hybridized carbons (Fsp3) is 0.222. The predicted molar refractivity (Wildman–Crippen MR) is 60.1 cm³/mol. The molecule has 0 saturated carbocycles. The van der Waals surface area contributed by atoms with Crippen LogP contribution >= 0.6 is 22.6 Å². The third-order valence-electron chi connectivity index (χ3n) is 1.79. The number of phenolic OH excluding ortho intramolecular Hbond substituents is 1. The molecule has 0 heterocycles. The standard InChI is InChI=1S/C9H10INO3/c10-7-4-6(12)2-1-5(7)3-8(11)9(13)14/h1-2,4,8,12H,3,11H2,(H,13,14)/t8-/m1/s1/i10-6. The van der Waals surface area contributed by atoms with E-state index in [0.717, 1.165) is 9.13 Å². The van der Waals surface area contributed by atoms with Gasteiger partial charge in [-0.2, -0.15) is 0 Å². The van der Waals surface area contributed by atoms with Crippen molar-refractivity contribution >= 4 is 28.6 Å². The first kappa shape index (κ1) is 11.3. The SMILES string of the molecule is N[C@H](Cc1ccc(O)cc1[121I])C(=O)O. The van der Waals surface area contributed by atoms with Gasteiger partial charge in [0.05, 0.1) is 0 Å². The highest BCUT2D eigenvalue weighted by molar-refractivity contribution is 14.1. The molecule has 0 saturated heterocycles. The van der Waals surface area contributed by atoms with E-state index in [4.69, 9.17) is 15.9 Å². The molecule has 0 aliphatic rings. The summed E-state index contributed by atoms with van der Waals surface area (Å²) in [5, 5.41) is 17.7. The predicted octanol–water partition coefficient (Wildman–Crippen LogP) is 0.951. The molecule has 0 spiro atoms. The number of nitrogens with two attached hydrogens (primary N) is 1. The van der Waals surface area contributed by atoms with Crippen molar-refractivity contribution in [3.63, 3.8) is 0 Å². The molecule has 0 fully saturated rings. The molecule has 0 radical (unpaired) electrons. The second-order valence-electron chi connectivity index (χ2n) is 2.92. The van der Waals surface area contributed by atoms with E-state index in [0.29, 0.717) is 0 Å². The summed E-state index contributed by atoms with van der Waals surface area (Å²) in [6.07, 6.45) is 0.272. The molecule has 1 aromatic rings. The third-order valence-corrected chi connectivity index (χ3v) is 2.80.